The molecule has 1 aliphatic heterocycles. The van der Waals surface area contributed by atoms with Crippen LogP contribution in [0.3, 0.4) is 0 Å². The average molecular weight is 313 g/mol. The zero-order valence-electron chi connectivity index (χ0n) is 11.0. The lowest BCUT2D eigenvalue weighted by molar-refractivity contribution is -0.122. The molecular formula is C16H11NO2S2. The Hall–Kier alpha value is -1.59. The lowest BCUT2D eigenvalue weighted by Gasteiger charge is -2.09. The quantitative estimate of drug-likeness (QED) is 0.757. The van der Waals surface area contributed by atoms with Crippen LogP contribution in [0.1, 0.15) is 11.6 Å². The number of carbonyl (C=O) groups is 2. The number of aromatic nitrogens is 1. The second-order valence-electron chi connectivity index (χ2n) is 4.95. The number of carbonyl (C=O) groups excluding carboxylic acids is 2. The molecule has 0 atom stereocenters. The summed E-state index contributed by atoms with van der Waals surface area (Å²) in [6.07, 6.45) is 0. The number of nitrogens with zero attached hydrogens (tertiary/aromatic N) is 1. The van der Waals surface area contributed by atoms with Crippen molar-refractivity contribution in [3.63, 3.8) is 0 Å². The fourth-order valence-electron chi connectivity index (χ4n) is 2.68. The Morgan fingerprint density at radius 1 is 0.905 bits per heavy atom. The third kappa shape index (κ3) is 2.03. The molecule has 0 bridgehead atoms. The van der Waals surface area contributed by atoms with Crippen LogP contribution in [-0.4, -0.2) is 28.1 Å². The standard InChI is InChI=1S/C16H11NO2S2/c18-13-12(14(19)16-15(13)20-7-8-21-16)11-6-5-9-3-1-2-4-10(9)17-11/h1-6,12H,7-8H2. The maximum atomic E-state index is 12.5. The molecule has 2 heterocycles. The van der Waals surface area contributed by atoms with Crippen molar-refractivity contribution in [2.45, 2.75) is 5.92 Å². The number of Topliss-reactive ketones (excluding diaryl/α,β-unsaturated/α-hetero) is 2. The molecule has 2 aliphatic rings. The summed E-state index contributed by atoms with van der Waals surface area (Å²) < 4.78 is 0. The molecular weight excluding hydrogens is 302 g/mol. The topological polar surface area (TPSA) is 47.0 Å². The van der Waals surface area contributed by atoms with Gasteiger partial charge in [0.1, 0.15) is 5.92 Å². The van der Waals surface area contributed by atoms with Crippen molar-refractivity contribution in [3.05, 3.63) is 51.9 Å². The highest BCUT2D eigenvalue weighted by Crippen LogP contribution is 2.45. The van der Waals surface area contributed by atoms with E-state index in [1.807, 2.05) is 30.3 Å². The van der Waals surface area contributed by atoms with Crippen LogP contribution in [0.5, 0.6) is 0 Å². The van der Waals surface area contributed by atoms with Gasteiger partial charge in [0.05, 0.1) is 21.0 Å². The first-order valence-electron chi connectivity index (χ1n) is 6.70. The number of para-hydroxylation sites is 1. The largest absolute Gasteiger partial charge is 0.292 e. The van der Waals surface area contributed by atoms with Gasteiger partial charge < -0.3 is 0 Å². The molecule has 0 saturated carbocycles. The van der Waals surface area contributed by atoms with E-state index in [-0.39, 0.29) is 11.6 Å². The number of ketones is 2. The van der Waals surface area contributed by atoms with Crippen LogP contribution in [0.2, 0.25) is 0 Å². The Labute approximate surface area is 130 Å². The molecule has 3 nitrogen and oxygen atoms in total. The molecule has 0 spiro atoms. The molecule has 2 aromatic rings. The molecule has 1 aromatic heterocycles. The fourth-order valence-corrected chi connectivity index (χ4v) is 5.09. The summed E-state index contributed by atoms with van der Waals surface area (Å²) in [5.41, 5.74) is 1.39. The first kappa shape index (κ1) is 13.1. The summed E-state index contributed by atoms with van der Waals surface area (Å²) in [6.45, 7) is 0. The van der Waals surface area contributed by atoms with Gasteiger partial charge in [0.2, 0.25) is 0 Å². The predicted octanol–water partition coefficient (Wildman–Crippen LogP) is 3.16. The highest BCUT2D eigenvalue weighted by Gasteiger charge is 2.44. The van der Waals surface area contributed by atoms with E-state index in [9.17, 15) is 9.59 Å². The number of allylic oxidation sites excluding steroid dienone is 2. The smallest absolute Gasteiger partial charge is 0.187 e. The Morgan fingerprint density at radius 3 is 2.29 bits per heavy atom. The normalized spacial score (nSPS) is 19.4. The van der Waals surface area contributed by atoms with Crippen molar-refractivity contribution in [2.24, 2.45) is 0 Å². The minimum Gasteiger partial charge on any atom is -0.292 e. The van der Waals surface area contributed by atoms with E-state index in [0.29, 0.717) is 15.5 Å². The van der Waals surface area contributed by atoms with E-state index in [2.05, 4.69) is 4.98 Å². The highest BCUT2D eigenvalue weighted by atomic mass is 32.2. The third-order valence-electron chi connectivity index (χ3n) is 3.67. The van der Waals surface area contributed by atoms with Gasteiger partial charge in [-0.15, -0.1) is 23.5 Å². The van der Waals surface area contributed by atoms with Crippen LogP contribution < -0.4 is 0 Å². The lowest BCUT2D eigenvalue weighted by Crippen LogP contribution is -2.16. The van der Waals surface area contributed by atoms with Crippen LogP contribution in [0.4, 0.5) is 0 Å². The minimum absolute atomic E-state index is 0.0741. The zero-order valence-corrected chi connectivity index (χ0v) is 12.7. The molecule has 0 radical (unpaired) electrons. The molecule has 1 aromatic carbocycles. The van der Waals surface area contributed by atoms with Gasteiger partial charge in [0, 0.05) is 16.9 Å². The van der Waals surface area contributed by atoms with E-state index < -0.39 is 5.92 Å². The van der Waals surface area contributed by atoms with E-state index in [1.165, 1.54) is 23.5 Å². The van der Waals surface area contributed by atoms with Crippen molar-refractivity contribution in [2.75, 3.05) is 11.5 Å². The fraction of sp³-hybridized carbons (Fsp3) is 0.188. The Kier molecular flexibility index (Phi) is 3.12. The molecule has 0 N–H and O–H groups in total. The second kappa shape index (κ2) is 5.00. The number of hydrogen-bond acceptors (Lipinski definition) is 5. The molecule has 0 fully saturated rings. The number of hydrogen-bond donors (Lipinski definition) is 0. The number of pyridine rings is 1. The Bertz CT molecular complexity index is 785. The van der Waals surface area contributed by atoms with Crippen LogP contribution >= 0.6 is 23.5 Å². The first-order valence-corrected chi connectivity index (χ1v) is 8.67. The second-order valence-corrected chi connectivity index (χ2v) is 7.16. The summed E-state index contributed by atoms with van der Waals surface area (Å²) in [6, 6.07) is 11.5. The summed E-state index contributed by atoms with van der Waals surface area (Å²) in [7, 11) is 0. The summed E-state index contributed by atoms with van der Waals surface area (Å²) >= 11 is 3.02. The molecule has 1 aliphatic carbocycles. The van der Waals surface area contributed by atoms with Gasteiger partial charge in [0.15, 0.2) is 11.6 Å². The molecule has 0 saturated heterocycles. The lowest BCUT2D eigenvalue weighted by atomic mass is 9.99. The monoisotopic (exact) mass is 313 g/mol. The summed E-state index contributed by atoms with van der Waals surface area (Å²) in [5.74, 6) is 0.892. The molecule has 21 heavy (non-hydrogen) atoms. The SMILES string of the molecule is O=C1C2=C(SCCS2)C(=O)C1c1ccc2ccccc2n1. The van der Waals surface area contributed by atoms with Gasteiger partial charge in [-0.3, -0.25) is 14.6 Å². The number of thioether (sulfide) groups is 2. The van der Waals surface area contributed by atoms with E-state index >= 15 is 0 Å². The minimum atomic E-state index is -0.738. The van der Waals surface area contributed by atoms with Crippen LogP contribution in [0, 0.1) is 0 Å². The molecule has 4 rings (SSSR count). The third-order valence-corrected chi connectivity index (χ3v) is 6.26. The molecule has 0 unspecified atom stereocenters. The number of benzene rings is 1. The number of rotatable bonds is 1. The van der Waals surface area contributed by atoms with Gasteiger partial charge in [0.25, 0.3) is 0 Å². The van der Waals surface area contributed by atoms with Crippen molar-refractivity contribution in [1.29, 1.82) is 0 Å². The molecule has 0 amide bonds. The van der Waals surface area contributed by atoms with Crippen molar-refractivity contribution in [1.82, 2.24) is 4.98 Å². The van der Waals surface area contributed by atoms with Crippen LogP contribution in [0.15, 0.2) is 46.2 Å². The Balaban J connectivity index is 1.79. The van der Waals surface area contributed by atoms with Gasteiger partial charge in [-0.25, -0.2) is 0 Å². The van der Waals surface area contributed by atoms with Crippen molar-refractivity contribution in [3.8, 4) is 0 Å². The van der Waals surface area contributed by atoms with Crippen LogP contribution in [-0.2, 0) is 9.59 Å². The predicted molar refractivity (Wildman–Crippen MR) is 86.4 cm³/mol. The maximum Gasteiger partial charge on any atom is 0.187 e. The maximum absolute atomic E-state index is 12.5. The van der Waals surface area contributed by atoms with Gasteiger partial charge in [-0.05, 0) is 12.1 Å². The molecule has 5 heteroatoms. The van der Waals surface area contributed by atoms with E-state index in [1.54, 1.807) is 6.07 Å². The number of fused-ring (bicyclic) bond motifs is 1. The zero-order chi connectivity index (χ0) is 14.4. The average Bonchev–Trinajstić information content (AvgIpc) is 2.79. The van der Waals surface area contributed by atoms with Crippen molar-refractivity contribution < 1.29 is 9.59 Å². The van der Waals surface area contributed by atoms with Gasteiger partial charge in [-0.1, -0.05) is 24.3 Å². The molecule has 104 valence electrons. The van der Waals surface area contributed by atoms with E-state index in [4.69, 9.17) is 0 Å². The van der Waals surface area contributed by atoms with Crippen LogP contribution in [0.25, 0.3) is 10.9 Å². The Morgan fingerprint density at radius 2 is 1.57 bits per heavy atom. The van der Waals surface area contributed by atoms with Gasteiger partial charge >= 0.3 is 0 Å². The summed E-state index contributed by atoms with van der Waals surface area (Å²) in [5, 5.41) is 1.01. The van der Waals surface area contributed by atoms with Gasteiger partial charge in [-0.2, -0.15) is 0 Å². The summed E-state index contributed by atoms with van der Waals surface area (Å²) in [4.78, 5) is 30.9. The first-order chi connectivity index (χ1) is 10.3. The van der Waals surface area contributed by atoms with E-state index in [0.717, 1.165) is 22.4 Å². The van der Waals surface area contributed by atoms with Crippen molar-refractivity contribution >= 4 is 46.0 Å². The highest BCUT2D eigenvalue weighted by molar-refractivity contribution is 8.11.